The summed E-state index contributed by atoms with van der Waals surface area (Å²) in [6, 6.07) is 14.5. The van der Waals surface area contributed by atoms with Crippen molar-refractivity contribution in [2.24, 2.45) is 0 Å². The summed E-state index contributed by atoms with van der Waals surface area (Å²) in [6.07, 6.45) is 0.904. The fourth-order valence-corrected chi connectivity index (χ4v) is 3.78. The summed E-state index contributed by atoms with van der Waals surface area (Å²) in [5.74, 6) is -1.65. The van der Waals surface area contributed by atoms with Crippen LogP contribution in [-0.4, -0.2) is 54.8 Å². The fraction of sp³-hybridized carbons (Fsp3) is 0.381. The molecule has 1 heterocycles. The lowest BCUT2D eigenvalue weighted by Crippen LogP contribution is -2.35. The lowest BCUT2D eigenvalue weighted by Gasteiger charge is -2.22. The Bertz CT molecular complexity index is 769. The normalized spacial score (nSPS) is 15.5. The SMILES string of the molecule is COc1ccc(CN2CCCN(C(=O)c3ccc(SC(F)F)cc3)CC2)cc1. The predicted molar refractivity (Wildman–Crippen MR) is 107 cm³/mol. The van der Waals surface area contributed by atoms with E-state index < -0.39 is 5.76 Å². The van der Waals surface area contributed by atoms with Gasteiger partial charge in [0.25, 0.3) is 11.7 Å². The Morgan fingerprint density at radius 3 is 2.39 bits per heavy atom. The molecule has 1 aliphatic rings. The first-order chi connectivity index (χ1) is 13.5. The number of halogens is 2. The number of amides is 1. The number of carbonyl (C=O) groups excluding carboxylic acids is 1. The van der Waals surface area contributed by atoms with Gasteiger partial charge in [0.05, 0.1) is 7.11 Å². The van der Waals surface area contributed by atoms with Crippen molar-refractivity contribution in [3.8, 4) is 5.75 Å². The molecule has 1 fully saturated rings. The van der Waals surface area contributed by atoms with Gasteiger partial charge < -0.3 is 9.64 Å². The topological polar surface area (TPSA) is 32.8 Å². The molecule has 0 N–H and O–H groups in total. The van der Waals surface area contributed by atoms with Crippen LogP contribution in [0, 0.1) is 0 Å². The molecule has 4 nitrogen and oxygen atoms in total. The summed E-state index contributed by atoms with van der Waals surface area (Å²) < 4.78 is 30.0. The molecule has 2 aromatic rings. The molecular weight excluding hydrogens is 382 g/mol. The van der Waals surface area contributed by atoms with Crippen LogP contribution in [0.3, 0.4) is 0 Å². The Labute approximate surface area is 168 Å². The molecule has 0 atom stereocenters. The summed E-state index contributed by atoms with van der Waals surface area (Å²) in [4.78, 5) is 17.4. The first-order valence-corrected chi connectivity index (χ1v) is 10.1. The van der Waals surface area contributed by atoms with Crippen molar-refractivity contribution in [3.63, 3.8) is 0 Å². The Kier molecular flexibility index (Phi) is 7.28. The number of thioether (sulfide) groups is 1. The highest BCUT2D eigenvalue weighted by molar-refractivity contribution is 7.99. The molecule has 1 saturated heterocycles. The highest BCUT2D eigenvalue weighted by atomic mass is 32.2. The first kappa shape index (κ1) is 20.6. The quantitative estimate of drug-likeness (QED) is 0.668. The van der Waals surface area contributed by atoms with Gasteiger partial charge in [0, 0.05) is 43.2 Å². The van der Waals surface area contributed by atoms with Crippen molar-refractivity contribution in [2.45, 2.75) is 23.6 Å². The highest BCUT2D eigenvalue weighted by Crippen LogP contribution is 2.25. The van der Waals surface area contributed by atoms with Crippen molar-refractivity contribution >= 4 is 17.7 Å². The highest BCUT2D eigenvalue weighted by Gasteiger charge is 2.20. The molecule has 0 aliphatic carbocycles. The maximum atomic E-state index is 12.8. The van der Waals surface area contributed by atoms with Crippen LogP contribution in [0.4, 0.5) is 8.78 Å². The minimum absolute atomic E-state index is 0.0418. The Morgan fingerprint density at radius 2 is 1.75 bits per heavy atom. The Balaban J connectivity index is 1.55. The van der Waals surface area contributed by atoms with E-state index in [-0.39, 0.29) is 5.91 Å². The number of ether oxygens (including phenoxy) is 1. The zero-order chi connectivity index (χ0) is 19.9. The lowest BCUT2D eigenvalue weighted by molar-refractivity contribution is 0.0761. The van der Waals surface area contributed by atoms with Crippen molar-refractivity contribution in [3.05, 3.63) is 59.7 Å². The number of methoxy groups -OCH3 is 1. The van der Waals surface area contributed by atoms with Crippen LogP contribution in [0.25, 0.3) is 0 Å². The van der Waals surface area contributed by atoms with Gasteiger partial charge in [-0.3, -0.25) is 9.69 Å². The van der Waals surface area contributed by atoms with Crippen molar-refractivity contribution in [2.75, 3.05) is 33.3 Å². The molecule has 0 aromatic heterocycles. The molecule has 28 heavy (non-hydrogen) atoms. The minimum Gasteiger partial charge on any atom is -0.497 e. The molecule has 2 aromatic carbocycles. The van der Waals surface area contributed by atoms with E-state index in [1.165, 1.54) is 5.56 Å². The van der Waals surface area contributed by atoms with Gasteiger partial charge in [-0.05, 0) is 48.4 Å². The molecule has 1 amide bonds. The largest absolute Gasteiger partial charge is 0.497 e. The van der Waals surface area contributed by atoms with Crippen LogP contribution in [0.5, 0.6) is 5.75 Å². The average Bonchev–Trinajstić information content (AvgIpc) is 2.94. The molecule has 0 spiro atoms. The van der Waals surface area contributed by atoms with E-state index in [1.54, 1.807) is 31.4 Å². The van der Waals surface area contributed by atoms with Crippen molar-refractivity contribution in [1.82, 2.24) is 9.80 Å². The molecule has 0 radical (unpaired) electrons. The van der Waals surface area contributed by atoms with Crippen molar-refractivity contribution < 1.29 is 18.3 Å². The van der Waals surface area contributed by atoms with Gasteiger partial charge in [0.1, 0.15) is 5.75 Å². The van der Waals surface area contributed by atoms with E-state index in [0.29, 0.717) is 35.3 Å². The average molecular weight is 406 g/mol. The van der Waals surface area contributed by atoms with Gasteiger partial charge in [-0.2, -0.15) is 8.78 Å². The van der Waals surface area contributed by atoms with Crippen LogP contribution < -0.4 is 4.74 Å². The third-order valence-corrected chi connectivity index (χ3v) is 5.49. The smallest absolute Gasteiger partial charge is 0.288 e. The summed E-state index contributed by atoms with van der Waals surface area (Å²) in [7, 11) is 1.65. The van der Waals surface area contributed by atoms with Crippen LogP contribution in [-0.2, 0) is 6.54 Å². The Morgan fingerprint density at radius 1 is 1.04 bits per heavy atom. The first-order valence-electron chi connectivity index (χ1n) is 9.24. The number of rotatable bonds is 6. The maximum absolute atomic E-state index is 12.8. The number of nitrogens with zero attached hydrogens (tertiary/aromatic N) is 2. The van der Waals surface area contributed by atoms with Gasteiger partial charge in [-0.1, -0.05) is 23.9 Å². The van der Waals surface area contributed by atoms with E-state index in [9.17, 15) is 13.6 Å². The number of alkyl halides is 2. The second kappa shape index (κ2) is 9.89. The van der Waals surface area contributed by atoms with E-state index in [1.807, 2.05) is 17.0 Å². The van der Waals surface area contributed by atoms with Crippen LogP contribution in [0.15, 0.2) is 53.4 Å². The molecule has 3 rings (SSSR count). The number of benzene rings is 2. The van der Waals surface area contributed by atoms with E-state index >= 15 is 0 Å². The summed E-state index contributed by atoms with van der Waals surface area (Å²) in [6.45, 7) is 3.93. The van der Waals surface area contributed by atoms with Gasteiger partial charge in [0.2, 0.25) is 0 Å². The maximum Gasteiger partial charge on any atom is 0.288 e. The molecule has 7 heteroatoms. The number of carbonyl (C=O) groups is 1. The predicted octanol–water partition coefficient (Wildman–Crippen LogP) is 4.36. The van der Waals surface area contributed by atoms with Crippen LogP contribution >= 0.6 is 11.8 Å². The summed E-state index contributed by atoms with van der Waals surface area (Å²) in [5, 5.41) is 0. The molecular formula is C21H24F2N2O2S. The second-order valence-corrected chi connectivity index (χ2v) is 7.74. The van der Waals surface area contributed by atoms with Gasteiger partial charge in [-0.15, -0.1) is 0 Å². The van der Waals surface area contributed by atoms with E-state index in [2.05, 4.69) is 17.0 Å². The monoisotopic (exact) mass is 406 g/mol. The summed E-state index contributed by atoms with van der Waals surface area (Å²) >= 11 is 0.488. The van der Waals surface area contributed by atoms with Gasteiger partial charge >= 0.3 is 0 Å². The standard InChI is InChI=1S/C21H24F2N2O2S/c1-27-18-7-3-16(4-8-18)15-24-11-2-12-25(14-13-24)20(26)17-5-9-19(10-6-17)28-21(22)23/h3-10,21H,2,11-15H2,1H3. The zero-order valence-electron chi connectivity index (χ0n) is 15.8. The van der Waals surface area contributed by atoms with Crippen LogP contribution in [0.2, 0.25) is 0 Å². The number of hydrogen-bond donors (Lipinski definition) is 0. The van der Waals surface area contributed by atoms with E-state index in [0.717, 1.165) is 31.8 Å². The van der Waals surface area contributed by atoms with Gasteiger partial charge in [-0.25, -0.2) is 0 Å². The second-order valence-electron chi connectivity index (χ2n) is 6.67. The fourth-order valence-electron chi connectivity index (χ4n) is 3.28. The van der Waals surface area contributed by atoms with E-state index in [4.69, 9.17) is 4.74 Å². The molecule has 1 aliphatic heterocycles. The molecule has 0 bridgehead atoms. The minimum atomic E-state index is -2.45. The third-order valence-electron chi connectivity index (χ3n) is 4.77. The zero-order valence-corrected chi connectivity index (χ0v) is 16.6. The lowest BCUT2D eigenvalue weighted by atomic mass is 10.2. The molecule has 150 valence electrons. The van der Waals surface area contributed by atoms with Crippen molar-refractivity contribution in [1.29, 1.82) is 0 Å². The number of hydrogen-bond acceptors (Lipinski definition) is 4. The molecule has 0 unspecified atom stereocenters. The summed E-state index contributed by atoms with van der Waals surface area (Å²) in [5.41, 5.74) is 1.76. The third kappa shape index (κ3) is 5.69. The Hall–Kier alpha value is -2.12. The van der Waals surface area contributed by atoms with Gasteiger partial charge in [0.15, 0.2) is 0 Å². The van der Waals surface area contributed by atoms with Crippen LogP contribution in [0.1, 0.15) is 22.3 Å². The molecule has 0 saturated carbocycles.